The molecule has 1 heterocycles. The van der Waals surface area contributed by atoms with Gasteiger partial charge in [-0.2, -0.15) is 0 Å². The minimum absolute atomic E-state index is 0.201. The molecule has 4 aromatic rings. The van der Waals surface area contributed by atoms with E-state index in [1.807, 2.05) is 42.5 Å². The van der Waals surface area contributed by atoms with Crippen LogP contribution in [0.1, 0.15) is 15.9 Å². The first-order valence-corrected chi connectivity index (χ1v) is 9.82. The maximum Gasteiger partial charge on any atom is 0.283 e. The second kappa shape index (κ2) is 8.49. The molecular formula is C24H23N3O4. The van der Waals surface area contributed by atoms with Gasteiger partial charge in [-0.3, -0.25) is 14.4 Å². The standard InChI is InChI=1S/C24H23N3O4/c1-26(30-2)21(28)15-31-20-13-7-12-19-23(20)22-17(24(25)29)10-6-11-18(22)27(19)14-16-8-4-3-5-9-16/h3-13H,14-15H2,1-2H3,(H2,25,29). The van der Waals surface area contributed by atoms with E-state index in [-0.39, 0.29) is 12.5 Å². The number of hydrogen-bond acceptors (Lipinski definition) is 4. The van der Waals surface area contributed by atoms with Crippen molar-refractivity contribution >= 4 is 33.6 Å². The molecule has 3 aromatic carbocycles. The molecule has 158 valence electrons. The number of rotatable bonds is 7. The van der Waals surface area contributed by atoms with E-state index in [1.54, 1.807) is 12.1 Å². The van der Waals surface area contributed by atoms with Crippen molar-refractivity contribution in [3.63, 3.8) is 0 Å². The SMILES string of the molecule is CON(C)C(=O)COc1cccc2c1c1c(C(N)=O)cccc1n2Cc1ccccc1. The lowest BCUT2D eigenvalue weighted by Gasteiger charge is -2.14. The zero-order valence-electron chi connectivity index (χ0n) is 17.4. The Hall–Kier alpha value is -3.84. The van der Waals surface area contributed by atoms with Gasteiger partial charge < -0.3 is 15.0 Å². The fourth-order valence-electron chi connectivity index (χ4n) is 3.75. The Morgan fingerprint density at radius 3 is 2.29 bits per heavy atom. The van der Waals surface area contributed by atoms with E-state index >= 15 is 0 Å². The molecule has 4 rings (SSSR count). The van der Waals surface area contributed by atoms with Crippen LogP contribution in [0.4, 0.5) is 0 Å². The lowest BCUT2D eigenvalue weighted by molar-refractivity contribution is -0.170. The number of ether oxygens (including phenoxy) is 1. The number of carbonyl (C=O) groups is 2. The predicted octanol–water partition coefficient (Wildman–Crippen LogP) is 3.34. The summed E-state index contributed by atoms with van der Waals surface area (Å²) in [6.45, 7) is 0.408. The molecule has 0 bridgehead atoms. The Kier molecular flexibility index (Phi) is 5.60. The van der Waals surface area contributed by atoms with Crippen LogP contribution < -0.4 is 10.5 Å². The van der Waals surface area contributed by atoms with Gasteiger partial charge in [0.15, 0.2) is 6.61 Å². The molecule has 1 aromatic heterocycles. The largest absolute Gasteiger partial charge is 0.483 e. The molecule has 2 N–H and O–H groups in total. The van der Waals surface area contributed by atoms with Gasteiger partial charge >= 0.3 is 0 Å². The van der Waals surface area contributed by atoms with Gasteiger partial charge in [0, 0.05) is 24.5 Å². The number of amides is 2. The number of carbonyl (C=O) groups excluding carboxylic acids is 2. The van der Waals surface area contributed by atoms with Crippen LogP contribution in [0.2, 0.25) is 0 Å². The second-order valence-electron chi connectivity index (χ2n) is 7.15. The van der Waals surface area contributed by atoms with Crippen molar-refractivity contribution in [1.82, 2.24) is 9.63 Å². The van der Waals surface area contributed by atoms with E-state index in [4.69, 9.17) is 15.3 Å². The van der Waals surface area contributed by atoms with E-state index in [0.29, 0.717) is 23.2 Å². The first kappa shape index (κ1) is 20.4. The van der Waals surface area contributed by atoms with Crippen LogP contribution >= 0.6 is 0 Å². The highest BCUT2D eigenvalue weighted by atomic mass is 16.7. The molecule has 0 fully saturated rings. The predicted molar refractivity (Wildman–Crippen MR) is 119 cm³/mol. The second-order valence-corrected chi connectivity index (χ2v) is 7.15. The van der Waals surface area contributed by atoms with Gasteiger partial charge in [0.2, 0.25) is 5.91 Å². The van der Waals surface area contributed by atoms with Gasteiger partial charge in [-0.05, 0) is 29.8 Å². The average Bonchev–Trinajstić information content (AvgIpc) is 3.11. The van der Waals surface area contributed by atoms with Crippen molar-refractivity contribution in [3.8, 4) is 5.75 Å². The topological polar surface area (TPSA) is 86.8 Å². The highest BCUT2D eigenvalue weighted by molar-refractivity contribution is 6.19. The first-order chi connectivity index (χ1) is 15.0. The summed E-state index contributed by atoms with van der Waals surface area (Å²) in [6.07, 6.45) is 0. The zero-order chi connectivity index (χ0) is 22.0. The van der Waals surface area contributed by atoms with E-state index in [2.05, 4.69) is 16.7 Å². The van der Waals surface area contributed by atoms with Crippen molar-refractivity contribution < 1.29 is 19.2 Å². The van der Waals surface area contributed by atoms with Crippen LogP contribution in [0, 0.1) is 0 Å². The number of hydroxylamine groups is 2. The minimum Gasteiger partial charge on any atom is -0.483 e. The number of hydrogen-bond donors (Lipinski definition) is 1. The van der Waals surface area contributed by atoms with Gasteiger partial charge in [0.1, 0.15) is 5.75 Å². The van der Waals surface area contributed by atoms with Gasteiger partial charge in [0.25, 0.3) is 5.91 Å². The van der Waals surface area contributed by atoms with E-state index in [1.165, 1.54) is 14.2 Å². The molecule has 0 saturated heterocycles. The van der Waals surface area contributed by atoms with Gasteiger partial charge in [-0.15, -0.1) is 0 Å². The number of nitrogens with zero attached hydrogens (tertiary/aromatic N) is 2. The zero-order valence-corrected chi connectivity index (χ0v) is 17.4. The van der Waals surface area contributed by atoms with Gasteiger partial charge in [0.05, 0.1) is 23.5 Å². The molecule has 0 aliphatic rings. The molecule has 0 spiro atoms. The summed E-state index contributed by atoms with van der Waals surface area (Å²) < 4.78 is 8.00. The summed E-state index contributed by atoms with van der Waals surface area (Å²) in [5.41, 5.74) is 8.98. The lowest BCUT2D eigenvalue weighted by Crippen LogP contribution is -2.30. The quantitative estimate of drug-likeness (QED) is 0.467. The van der Waals surface area contributed by atoms with Gasteiger partial charge in [-0.1, -0.05) is 42.5 Å². The Bertz CT molecular complexity index is 1260. The normalized spacial score (nSPS) is 11.0. The van der Waals surface area contributed by atoms with Crippen LogP contribution in [0.15, 0.2) is 66.7 Å². The highest BCUT2D eigenvalue weighted by Crippen LogP contribution is 2.38. The number of nitrogens with two attached hydrogens (primary N) is 1. The summed E-state index contributed by atoms with van der Waals surface area (Å²) in [7, 11) is 2.93. The smallest absolute Gasteiger partial charge is 0.283 e. The Morgan fingerprint density at radius 1 is 0.935 bits per heavy atom. The number of likely N-dealkylation sites (N-methyl/N-ethyl adjacent to an activating group) is 1. The fourth-order valence-corrected chi connectivity index (χ4v) is 3.75. The first-order valence-electron chi connectivity index (χ1n) is 9.82. The lowest BCUT2D eigenvalue weighted by atomic mass is 10.1. The molecule has 0 aliphatic heterocycles. The molecule has 0 atom stereocenters. The maximum atomic E-state index is 12.2. The Morgan fingerprint density at radius 2 is 1.61 bits per heavy atom. The van der Waals surface area contributed by atoms with Crippen molar-refractivity contribution in [2.45, 2.75) is 6.54 Å². The van der Waals surface area contributed by atoms with E-state index < -0.39 is 5.91 Å². The van der Waals surface area contributed by atoms with Crippen LogP contribution in [0.25, 0.3) is 21.8 Å². The third-order valence-electron chi connectivity index (χ3n) is 5.30. The number of fused-ring (bicyclic) bond motifs is 3. The molecular weight excluding hydrogens is 394 g/mol. The summed E-state index contributed by atoms with van der Waals surface area (Å²) in [5.74, 6) is -0.349. The molecule has 7 nitrogen and oxygen atoms in total. The van der Waals surface area contributed by atoms with Crippen molar-refractivity contribution in [1.29, 1.82) is 0 Å². The number of aromatic nitrogens is 1. The van der Waals surface area contributed by atoms with E-state index in [9.17, 15) is 9.59 Å². The van der Waals surface area contributed by atoms with Gasteiger partial charge in [-0.25, -0.2) is 5.06 Å². The van der Waals surface area contributed by atoms with E-state index in [0.717, 1.165) is 27.0 Å². The van der Waals surface area contributed by atoms with Crippen LogP contribution in [-0.2, 0) is 16.2 Å². The minimum atomic E-state index is -0.519. The summed E-state index contributed by atoms with van der Waals surface area (Å²) in [4.78, 5) is 29.3. The van der Waals surface area contributed by atoms with Crippen LogP contribution in [0.3, 0.4) is 0 Å². The van der Waals surface area contributed by atoms with Crippen LogP contribution in [0.5, 0.6) is 5.75 Å². The molecule has 7 heteroatoms. The molecule has 31 heavy (non-hydrogen) atoms. The van der Waals surface area contributed by atoms with Crippen molar-refractivity contribution in [3.05, 3.63) is 77.9 Å². The fraction of sp³-hybridized carbons (Fsp3) is 0.167. The van der Waals surface area contributed by atoms with Crippen molar-refractivity contribution in [2.75, 3.05) is 20.8 Å². The molecule has 2 amide bonds. The Labute approximate surface area is 179 Å². The highest BCUT2D eigenvalue weighted by Gasteiger charge is 2.20. The monoisotopic (exact) mass is 417 g/mol. The third-order valence-corrected chi connectivity index (χ3v) is 5.30. The summed E-state index contributed by atoms with van der Waals surface area (Å²) in [6, 6.07) is 21.2. The Balaban J connectivity index is 1.91. The molecule has 0 radical (unpaired) electrons. The molecule has 0 aliphatic carbocycles. The summed E-state index contributed by atoms with van der Waals surface area (Å²) >= 11 is 0. The maximum absolute atomic E-state index is 12.2. The molecule has 0 unspecified atom stereocenters. The number of benzene rings is 3. The average molecular weight is 417 g/mol. The summed E-state index contributed by atoms with van der Waals surface area (Å²) in [5, 5.41) is 2.56. The number of primary amides is 1. The third kappa shape index (κ3) is 3.83. The molecule has 0 saturated carbocycles. The van der Waals surface area contributed by atoms with Crippen LogP contribution in [-0.4, -0.2) is 42.2 Å². The van der Waals surface area contributed by atoms with Crippen molar-refractivity contribution in [2.24, 2.45) is 5.73 Å².